The molecule has 1 amide bonds. The number of esters is 1. The SMILES string of the molecule is N#CC1(NC(=O)COC(=O)/C(=C/c2cccs2)n2nnnc2-c2ccccc2)CCCC1. The monoisotopic (exact) mass is 448 g/mol. The molecule has 0 spiro atoms. The number of nitriles is 1. The third kappa shape index (κ3) is 4.73. The first-order chi connectivity index (χ1) is 15.6. The molecule has 0 saturated heterocycles. The van der Waals surface area contributed by atoms with Gasteiger partial charge in [0.05, 0.1) is 6.07 Å². The molecule has 1 aliphatic rings. The number of ether oxygens (including phenoxy) is 1. The van der Waals surface area contributed by atoms with Crippen LogP contribution < -0.4 is 5.32 Å². The van der Waals surface area contributed by atoms with E-state index < -0.39 is 24.0 Å². The van der Waals surface area contributed by atoms with Crippen molar-refractivity contribution < 1.29 is 14.3 Å². The molecule has 1 fully saturated rings. The minimum absolute atomic E-state index is 0.0694. The zero-order valence-corrected chi connectivity index (χ0v) is 17.9. The van der Waals surface area contributed by atoms with Gasteiger partial charge in [-0.05, 0) is 53.6 Å². The first kappa shape index (κ1) is 21.4. The highest BCUT2D eigenvalue weighted by molar-refractivity contribution is 7.10. The summed E-state index contributed by atoms with van der Waals surface area (Å²) < 4.78 is 6.58. The van der Waals surface area contributed by atoms with Crippen LogP contribution in [0.4, 0.5) is 0 Å². The fraction of sp³-hybridized carbons (Fsp3) is 0.273. The molecule has 0 bridgehead atoms. The second-order valence-corrected chi connectivity index (χ2v) is 8.33. The lowest BCUT2D eigenvalue weighted by atomic mass is 10.00. The molecule has 2 aromatic heterocycles. The number of benzene rings is 1. The average molecular weight is 449 g/mol. The molecule has 0 atom stereocenters. The Kier molecular flexibility index (Phi) is 6.37. The van der Waals surface area contributed by atoms with Crippen molar-refractivity contribution in [2.75, 3.05) is 6.61 Å². The summed E-state index contributed by atoms with van der Waals surface area (Å²) in [4.78, 5) is 26.2. The van der Waals surface area contributed by atoms with Crippen LogP contribution >= 0.6 is 11.3 Å². The number of rotatable bonds is 7. The molecule has 3 aromatic rings. The molecule has 32 heavy (non-hydrogen) atoms. The van der Waals surface area contributed by atoms with Gasteiger partial charge >= 0.3 is 5.97 Å². The van der Waals surface area contributed by atoms with Crippen LogP contribution in [-0.4, -0.2) is 44.2 Å². The maximum absolute atomic E-state index is 13.0. The van der Waals surface area contributed by atoms with E-state index in [1.54, 1.807) is 6.08 Å². The van der Waals surface area contributed by atoms with Gasteiger partial charge in [0.15, 0.2) is 18.1 Å². The molecule has 1 aliphatic carbocycles. The highest BCUT2D eigenvalue weighted by Crippen LogP contribution is 2.29. The van der Waals surface area contributed by atoms with Crippen molar-refractivity contribution in [3.63, 3.8) is 0 Å². The van der Waals surface area contributed by atoms with Crippen LogP contribution in [0, 0.1) is 11.3 Å². The summed E-state index contributed by atoms with van der Waals surface area (Å²) in [6.45, 7) is -0.507. The molecule has 2 heterocycles. The van der Waals surface area contributed by atoms with Crippen molar-refractivity contribution in [1.82, 2.24) is 25.5 Å². The van der Waals surface area contributed by atoms with Crippen LogP contribution in [0.25, 0.3) is 23.2 Å². The van der Waals surface area contributed by atoms with E-state index in [4.69, 9.17) is 4.74 Å². The molecule has 162 valence electrons. The lowest BCUT2D eigenvalue weighted by Crippen LogP contribution is -2.46. The predicted octanol–water partition coefficient (Wildman–Crippen LogP) is 2.90. The first-order valence-electron chi connectivity index (χ1n) is 10.1. The Morgan fingerprint density at radius 1 is 1.22 bits per heavy atom. The Balaban J connectivity index is 1.55. The Morgan fingerprint density at radius 3 is 2.69 bits per heavy atom. The minimum atomic E-state index is -0.880. The summed E-state index contributed by atoms with van der Waals surface area (Å²) >= 11 is 1.43. The van der Waals surface area contributed by atoms with Crippen molar-refractivity contribution in [2.24, 2.45) is 0 Å². The third-order valence-electron chi connectivity index (χ3n) is 5.15. The van der Waals surface area contributed by atoms with Crippen molar-refractivity contribution in [3.8, 4) is 17.5 Å². The summed E-state index contributed by atoms with van der Waals surface area (Å²) in [5.74, 6) is -0.906. The van der Waals surface area contributed by atoms with E-state index in [0.717, 1.165) is 23.3 Å². The maximum atomic E-state index is 13.0. The number of amides is 1. The van der Waals surface area contributed by atoms with E-state index in [-0.39, 0.29) is 5.70 Å². The number of thiophene rings is 1. The highest BCUT2D eigenvalue weighted by Gasteiger charge is 2.35. The molecule has 10 heteroatoms. The van der Waals surface area contributed by atoms with Crippen LogP contribution in [-0.2, 0) is 14.3 Å². The number of hydrogen-bond donors (Lipinski definition) is 1. The predicted molar refractivity (Wildman–Crippen MR) is 118 cm³/mol. The molecule has 1 aromatic carbocycles. The fourth-order valence-corrected chi connectivity index (χ4v) is 4.23. The van der Waals surface area contributed by atoms with Gasteiger partial charge in [0.2, 0.25) is 0 Å². The Morgan fingerprint density at radius 2 is 2.00 bits per heavy atom. The molecular weight excluding hydrogens is 428 g/mol. The number of nitrogens with one attached hydrogen (secondary N) is 1. The van der Waals surface area contributed by atoms with Gasteiger partial charge in [0.1, 0.15) is 5.54 Å². The molecule has 1 N–H and O–H groups in total. The molecule has 9 nitrogen and oxygen atoms in total. The van der Waals surface area contributed by atoms with Gasteiger partial charge in [-0.2, -0.15) is 9.94 Å². The highest BCUT2D eigenvalue weighted by atomic mass is 32.1. The molecule has 0 aliphatic heterocycles. The van der Waals surface area contributed by atoms with Crippen molar-refractivity contribution in [3.05, 3.63) is 52.7 Å². The maximum Gasteiger partial charge on any atom is 0.357 e. The second kappa shape index (κ2) is 9.53. The van der Waals surface area contributed by atoms with Crippen LogP contribution in [0.3, 0.4) is 0 Å². The number of carbonyl (C=O) groups excluding carboxylic acids is 2. The first-order valence-corrected chi connectivity index (χ1v) is 11.0. The van der Waals surface area contributed by atoms with Gasteiger partial charge in [0, 0.05) is 10.4 Å². The molecular formula is C22H20N6O3S. The number of aromatic nitrogens is 4. The van der Waals surface area contributed by atoms with Crippen LogP contribution in [0.15, 0.2) is 47.8 Å². The molecule has 0 unspecified atom stereocenters. The summed E-state index contributed by atoms with van der Waals surface area (Å²) in [7, 11) is 0. The van der Waals surface area contributed by atoms with E-state index in [0.29, 0.717) is 18.7 Å². The van der Waals surface area contributed by atoms with Crippen molar-refractivity contribution >= 4 is 35.0 Å². The quantitative estimate of drug-likeness (QED) is 0.435. The molecule has 0 radical (unpaired) electrons. The van der Waals surface area contributed by atoms with E-state index >= 15 is 0 Å². The Bertz CT molecular complexity index is 1160. The fourth-order valence-electron chi connectivity index (χ4n) is 3.58. The largest absolute Gasteiger partial charge is 0.451 e. The minimum Gasteiger partial charge on any atom is -0.451 e. The van der Waals surface area contributed by atoms with Gasteiger partial charge < -0.3 is 10.1 Å². The summed E-state index contributed by atoms with van der Waals surface area (Å²) in [5, 5.41) is 25.8. The number of tetrazole rings is 1. The average Bonchev–Trinajstić information content (AvgIpc) is 3.59. The van der Waals surface area contributed by atoms with Crippen LogP contribution in [0.2, 0.25) is 0 Å². The van der Waals surface area contributed by atoms with Gasteiger partial charge in [-0.25, -0.2) is 4.79 Å². The number of carbonyl (C=O) groups is 2. The molecule has 1 saturated carbocycles. The summed E-state index contributed by atoms with van der Waals surface area (Å²) in [5.41, 5.74) is -0.0904. The Labute approximate surface area is 188 Å². The smallest absolute Gasteiger partial charge is 0.357 e. The topological polar surface area (TPSA) is 123 Å². The molecule has 4 rings (SSSR count). The summed E-state index contributed by atoms with van der Waals surface area (Å²) in [6.07, 6.45) is 4.56. The zero-order valence-electron chi connectivity index (χ0n) is 17.1. The van der Waals surface area contributed by atoms with Gasteiger partial charge in [-0.3, -0.25) is 4.79 Å². The zero-order chi connectivity index (χ0) is 22.4. The van der Waals surface area contributed by atoms with Crippen LogP contribution in [0.5, 0.6) is 0 Å². The number of hydrogen-bond acceptors (Lipinski definition) is 8. The van der Waals surface area contributed by atoms with Crippen LogP contribution in [0.1, 0.15) is 30.6 Å². The van der Waals surface area contributed by atoms with Crippen molar-refractivity contribution in [1.29, 1.82) is 5.26 Å². The summed E-state index contributed by atoms with van der Waals surface area (Å²) in [6, 6.07) is 15.1. The lowest BCUT2D eigenvalue weighted by molar-refractivity contribution is -0.143. The standard InChI is InChI=1S/C22H20N6O3S/c23-15-22(10-4-5-11-22)24-19(29)14-31-21(30)18(13-17-9-6-12-32-17)28-20(25-26-27-28)16-7-2-1-3-8-16/h1-3,6-9,12-13H,4-5,10-11,14H2,(H,24,29)/b18-13-. The Hall–Kier alpha value is -3.84. The van der Waals surface area contributed by atoms with E-state index in [2.05, 4.69) is 26.9 Å². The second-order valence-electron chi connectivity index (χ2n) is 7.35. The van der Waals surface area contributed by atoms with Crippen molar-refractivity contribution in [2.45, 2.75) is 31.2 Å². The van der Waals surface area contributed by atoms with E-state index in [9.17, 15) is 14.9 Å². The lowest BCUT2D eigenvalue weighted by Gasteiger charge is -2.21. The van der Waals surface area contributed by atoms with E-state index in [1.165, 1.54) is 16.0 Å². The van der Waals surface area contributed by atoms with Gasteiger partial charge in [-0.1, -0.05) is 36.4 Å². The third-order valence-corrected chi connectivity index (χ3v) is 5.96. The van der Waals surface area contributed by atoms with Gasteiger partial charge in [-0.15, -0.1) is 16.4 Å². The van der Waals surface area contributed by atoms with E-state index in [1.807, 2.05) is 47.8 Å². The van der Waals surface area contributed by atoms with Gasteiger partial charge in [0.25, 0.3) is 5.91 Å². The normalized spacial score (nSPS) is 15.2. The number of nitrogens with zero attached hydrogens (tertiary/aromatic N) is 5.